The monoisotopic (exact) mass is 418 g/mol. The van der Waals surface area contributed by atoms with E-state index in [4.69, 9.17) is 27.9 Å². The molecule has 1 aliphatic rings. The number of methoxy groups -OCH3 is 1. The number of carbonyl (C=O) groups is 1. The summed E-state index contributed by atoms with van der Waals surface area (Å²) in [4.78, 5) is 14.6. The van der Waals surface area contributed by atoms with Gasteiger partial charge in [0, 0.05) is 31.8 Å². The van der Waals surface area contributed by atoms with E-state index in [9.17, 15) is 4.79 Å². The van der Waals surface area contributed by atoms with Crippen molar-refractivity contribution in [2.75, 3.05) is 20.2 Å². The Labute approximate surface area is 176 Å². The Morgan fingerprint density at radius 2 is 1.96 bits per heavy atom. The minimum absolute atomic E-state index is 0.0641. The topological polar surface area (TPSA) is 41.6 Å². The first-order chi connectivity index (χ1) is 13.5. The lowest BCUT2D eigenvalue weighted by Gasteiger charge is -2.32. The van der Waals surface area contributed by atoms with Crippen LogP contribution in [-0.4, -0.2) is 37.0 Å². The highest BCUT2D eigenvalue weighted by molar-refractivity contribution is 6.42. The van der Waals surface area contributed by atoms with Crippen molar-refractivity contribution in [2.24, 2.45) is 0 Å². The summed E-state index contributed by atoms with van der Waals surface area (Å²) < 4.78 is 5.20. The molecule has 6 heteroatoms. The van der Waals surface area contributed by atoms with E-state index < -0.39 is 0 Å². The second-order valence-corrected chi connectivity index (χ2v) is 7.73. The molecule has 1 amide bonds. The number of amides is 1. The molecule has 0 unspecified atom stereocenters. The van der Waals surface area contributed by atoms with Gasteiger partial charge in [0.15, 0.2) is 0 Å². The number of likely N-dealkylation sites (tertiary alicyclic amines) is 1. The molecule has 1 aliphatic heterocycles. The van der Waals surface area contributed by atoms with Gasteiger partial charge in [0.1, 0.15) is 5.75 Å². The van der Waals surface area contributed by atoms with Crippen molar-refractivity contribution in [2.45, 2.75) is 25.4 Å². The highest BCUT2D eigenvalue weighted by Gasteiger charge is 2.20. The molecule has 0 atom stereocenters. The predicted octanol–water partition coefficient (Wildman–Crippen LogP) is 4.80. The van der Waals surface area contributed by atoms with Crippen LogP contribution in [0.25, 0.3) is 6.08 Å². The molecule has 0 radical (unpaired) electrons. The molecule has 2 aromatic carbocycles. The zero-order valence-corrected chi connectivity index (χ0v) is 17.3. The number of hydrogen-bond donors (Lipinski definition) is 1. The number of piperidine rings is 1. The van der Waals surface area contributed by atoms with E-state index in [-0.39, 0.29) is 11.9 Å². The van der Waals surface area contributed by atoms with E-state index in [0.29, 0.717) is 10.0 Å². The van der Waals surface area contributed by atoms with E-state index in [1.807, 2.05) is 42.5 Å². The van der Waals surface area contributed by atoms with Crippen LogP contribution >= 0.6 is 23.2 Å². The maximum Gasteiger partial charge on any atom is 0.244 e. The first-order valence-corrected chi connectivity index (χ1v) is 10.1. The summed E-state index contributed by atoms with van der Waals surface area (Å²) in [6.07, 6.45) is 5.24. The van der Waals surface area contributed by atoms with Crippen molar-refractivity contribution < 1.29 is 9.53 Å². The van der Waals surface area contributed by atoms with Gasteiger partial charge in [-0.3, -0.25) is 9.69 Å². The van der Waals surface area contributed by atoms with Gasteiger partial charge in [-0.2, -0.15) is 0 Å². The number of nitrogens with zero attached hydrogens (tertiary/aromatic N) is 1. The van der Waals surface area contributed by atoms with Crippen LogP contribution in [0.3, 0.4) is 0 Å². The standard InChI is InChI=1S/C22H24Cl2N2O2/c1-28-19-4-2-3-16(13-19)6-8-22(27)25-18-9-11-26(12-10-18)15-17-5-7-20(23)21(24)14-17/h2-8,13-14,18H,9-12,15H2,1H3,(H,25,27). The van der Waals surface area contributed by atoms with Crippen molar-refractivity contribution in [3.63, 3.8) is 0 Å². The SMILES string of the molecule is COc1cccc(C=CC(=O)NC2CCN(Cc3ccc(Cl)c(Cl)c3)CC2)c1. The van der Waals surface area contributed by atoms with Gasteiger partial charge < -0.3 is 10.1 Å². The van der Waals surface area contributed by atoms with E-state index in [0.717, 1.165) is 49.4 Å². The fourth-order valence-corrected chi connectivity index (χ4v) is 3.62. The fraction of sp³-hybridized carbons (Fsp3) is 0.318. The lowest BCUT2D eigenvalue weighted by atomic mass is 10.0. The predicted molar refractivity (Wildman–Crippen MR) is 115 cm³/mol. The van der Waals surface area contributed by atoms with Crippen molar-refractivity contribution in [1.82, 2.24) is 10.2 Å². The van der Waals surface area contributed by atoms with Crippen LogP contribution in [0, 0.1) is 0 Å². The Morgan fingerprint density at radius 1 is 1.18 bits per heavy atom. The molecule has 3 rings (SSSR count). The molecular weight excluding hydrogens is 395 g/mol. The van der Waals surface area contributed by atoms with Gasteiger partial charge in [0.2, 0.25) is 5.91 Å². The molecule has 28 heavy (non-hydrogen) atoms. The molecule has 1 N–H and O–H groups in total. The summed E-state index contributed by atoms with van der Waals surface area (Å²) in [5.74, 6) is 0.711. The van der Waals surface area contributed by atoms with Crippen LogP contribution < -0.4 is 10.1 Å². The summed E-state index contributed by atoms with van der Waals surface area (Å²) in [7, 11) is 1.63. The quantitative estimate of drug-likeness (QED) is 0.685. The number of hydrogen-bond acceptors (Lipinski definition) is 3. The molecule has 1 heterocycles. The molecule has 1 saturated heterocycles. The Hall–Kier alpha value is -2.01. The number of carbonyl (C=O) groups excluding carboxylic acids is 1. The summed E-state index contributed by atoms with van der Waals surface area (Å²) in [6, 6.07) is 13.6. The van der Waals surface area contributed by atoms with Crippen molar-refractivity contribution in [1.29, 1.82) is 0 Å². The lowest BCUT2D eigenvalue weighted by Crippen LogP contribution is -2.43. The summed E-state index contributed by atoms with van der Waals surface area (Å²) >= 11 is 12.1. The number of benzene rings is 2. The largest absolute Gasteiger partial charge is 0.497 e. The van der Waals surface area contributed by atoms with Gasteiger partial charge in [-0.15, -0.1) is 0 Å². The van der Waals surface area contributed by atoms with Crippen LogP contribution in [-0.2, 0) is 11.3 Å². The summed E-state index contributed by atoms with van der Waals surface area (Å²) in [5.41, 5.74) is 2.09. The molecule has 2 aromatic rings. The summed E-state index contributed by atoms with van der Waals surface area (Å²) in [5, 5.41) is 4.26. The van der Waals surface area contributed by atoms with Gasteiger partial charge >= 0.3 is 0 Å². The Bertz CT molecular complexity index is 846. The number of ether oxygens (including phenoxy) is 1. The normalized spacial score (nSPS) is 15.7. The van der Waals surface area contributed by atoms with Gasteiger partial charge in [-0.1, -0.05) is 41.4 Å². The Balaban J connectivity index is 1.45. The van der Waals surface area contributed by atoms with Crippen LogP contribution in [0.1, 0.15) is 24.0 Å². The molecule has 1 fully saturated rings. The minimum atomic E-state index is -0.0641. The lowest BCUT2D eigenvalue weighted by molar-refractivity contribution is -0.117. The molecule has 0 saturated carbocycles. The zero-order valence-electron chi connectivity index (χ0n) is 15.8. The number of nitrogens with one attached hydrogen (secondary N) is 1. The first kappa shape index (κ1) is 20.7. The maximum atomic E-state index is 12.2. The zero-order chi connectivity index (χ0) is 19.9. The van der Waals surface area contributed by atoms with Crippen molar-refractivity contribution in [3.05, 3.63) is 69.7 Å². The van der Waals surface area contributed by atoms with Gasteiger partial charge in [-0.05, 0) is 54.3 Å². The summed E-state index contributed by atoms with van der Waals surface area (Å²) in [6.45, 7) is 2.71. The average Bonchev–Trinajstić information content (AvgIpc) is 2.71. The third kappa shape index (κ3) is 5.99. The number of halogens is 2. The van der Waals surface area contributed by atoms with Crippen molar-refractivity contribution in [3.8, 4) is 5.75 Å². The third-order valence-electron chi connectivity index (χ3n) is 4.85. The molecule has 0 bridgehead atoms. The van der Waals surface area contributed by atoms with Gasteiger partial charge in [0.25, 0.3) is 0 Å². The fourth-order valence-electron chi connectivity index (χ4n) is 3.30. The maximum absolute atomic E-state index is 12.2. The molecular formula is C22H24Cl2N2O2. The van der Waals surface area contributed by atoms with Crippen LogP contribution in [0.4, 0.5) is 0 Å². The average molecular weight is 419 g/mol. The molecule has 0 spiro atoms. The van der Waals surface area contributed by atoms with Gasteiger partial charge in [-0.25, -0.2) is 0 Å². The minimum Gasteiger partial charge on any atom is -0.497 e. The molecule has 0 aromatic heterocycles. The second kappa shape index (κ2) is 9.97. The van der Waals surface area contributed by atoms with E-state index in [1.165, 1.54) is 0 Å². The van der Waals surface area contributed by atoms with E-state index >= 15 is 0 Å². The Kier molecular flexibility index (Phi) is 7.37. The Morgan fingerprint density at radius 3 is 2.68 bits per heavy atom. The van der Waals surface area contributed by atoms with Crippen LogP contribution in [0.2, 0.25) is 10.0 Å². The highest BCUT2D eigenvalue weighted by atomic mass is 35.5. The van der Waals surface area contributed by atoms with Crippen molar-refractivity contribution >= 4 is 35.2 Å². The van der Waals surface area contributed by atoms with E-state index in [1.54, 1.807) is 19.3 Å². The third-order valence-corrected chi connectivity index (χ3v) is 5.58. The molecule has 148 valence electrons. The van der Waals surface area contributed by atoms with Gasteiger partial charge in [0.05, 0.1) is 17.2 Å². The van der Waals surface area contributed by atoms with Crippen LogP contribution in [0.15, 0.2) is 48.5 Å². The van der Waals surface area contributed by atoms with E-state index in [2.05, 4.69) is 10.2 Å². The number of rotatable bonds is 6. The smallest absolute Gasteiger partial charge is 0.244 e. The van der Waals surface area contributed by atoms with Crippen LogP contribution in [0.5, 0.6) is 5.75 Å². The highest BCUT2D eigenvalue weighted by Crippen LogP contribution is 2.24. The second-order valence-electron chi connectivity index (χ2n) is 6.92. The molecule has 0 aliphatic carbocycles. The molecule has 4 nitrogen and oxygen atoms in total. The first-order valence-electron chi connectivity index (χ1n) is 9.32.